The highest BCUT2D eigenvalue weighted by molar-refractivity contribution is 6.31. The smallest absolute Gasteiger partial charge is 0.227 e. The van der Waals surface area contributed by atoms with Crippen molar-refractivity contribution in [2.24, 2.45) is 11.7 Å². The van der Waals surface area contributed by atoms with Gasteiger partial charge >= 0.3 is 0 Å². The standard InChI is InChI=1S/C11H11ClFN3O2/c12-6-2-8(14)9(3-7(6)13)16-4-5(11(15)18)1-10(16)17/h2-3,5H,1,4,14H2,(H2,15,18). The number of nitrogens with two attached hydrogens (primary N) is 2. The molecule has 5 nitrogen and oxygen atoms in total. The van der Waals surface area contributed by atoms with E-state index in [4.69, 9.17) is 23.1 Å². The third-order valence-electron chi connectivity index (χ3n) is 2.89. The van der Waals surface area contributed by atoms with Crippen molar-refractivity contribution >= 4 is 34.8 Å². The topological polar surface area (TPSA) is 89.4 Å². The van der Waals surface area contributed by atoms with Gasteiger partial charge in [0.2, 0.25) is 11.8 Å². The van der Waals surface area contributed by atoms with Gasteiger partial charge in [0.15, 0.2) is 0 Å². The molecule has 18 heavy (non-hydrogen) atoms. The van der Waals surface area contributed by atoms with Crippen LogP contribution in [-0.4, -0.2) is 18.4 Å². The summed E-state index contributed by atoms with van der Waals surface area (Å²) < 4.78 is 13.4. The lowest BCUT2D eigenvalue weighted by Crippen LogP contribution is -2.29. The molecular weight excluding hydrogens is 261 g/mol. The average Bonchev–Trinajstić information content (AvgIpc) is 2.66. The van der Waals surface area contributed by atoms with Gasteiger partial charge in [0.1, 0.15) is 5.82 Å². The first-order chi connectivity index (χ1) is 8.40. The molecule has 1 aromatic rings. The van der Waals surface area contributed by atoms with Gasteiger partial charge in [0.05, 0.1) is 22.3 Å². The van der Waals surface area contributed by atoms with Crippen molar-refractivity contribution in [2.45, 2.75) is 6.42 Å². The Labute approximate surface area is 107 Å². The number of benzene rings is 1. The van der Waals surface area contributed by atoms with Crippen molar-refractivity contribution in [3.63, 3.8) is 0 Å². The van der Waals surface area contributed by atoms with E-state index in [1.54, 1.807) is 0 Å². The third-order valence-corrected chi connectivity index (χ3v) is 3.18. The molecular formula is C11H11ClFN3O2. The number of nitrogen functional groups attached to an aromatic ring is 1. The third kappa shape index (κ3) is 2.11. The second-order valence-corrected chi connectivity index (χ2v) is 4.54. The zero-order chi connectivity index (χ0) is 13.4. The van der Waals surface area contributed by atoms with E-state index >= 15 is 0 Å². The lowest BCUT2D eigenvalue weighted by atomic mass is 10.1. The molecule has 0 bridgehead atoms. The first kappa shape index (κ1) is 12.6. The zero-order valence-electron chi connectivity index (χ0n) is 9.32. The van der Waals surface area contributed by atoms with E-state index in [2.05, 4.69) is 0 Å². The summed E-state index contributed by atoms with van der Waals surface area (Å²) in [6, 6.07) is 2.32. The normalized spacial score (nSPS) is 19.3. The Balaban J connectivity index is 2.35. The minimum absolute atomic E-state index is 0.0129. The molecule has 0 aromatic heterocycles. The van der Waals surface area contributed by atoms with Crippen LogP contribution in [0.25, 0.3) is 0 Å². The van der Waals surface area contributed by atoms with Crippen LogP contribution in [0.4, 0.5) is 15.8 Å². The van der Waals surface area contributed by atoms with Crippen molar-refractivity contribution in [2.75, 3.05) is 17.2 Å². The first-order valence-corrected chi connectivity index (χ1v) is 5.62. The molecule has 1 unspecified atom stereocenters. The number of carbonyl (C=O) groups excluding carboxylic acids is 2. The monoisotopic (exact) mass is 271 g/mol. The van der Waals surface area contributed by atoms with Crippen LogP contribution in [0.3, 0.4) is 0 Å². The summed E-state index contributed by atoms with van der Waals surface area (Å²) in [6.45, 7) is 0.111. The van der Waals surface area contributed by atoms with Crippen molar-refractivity contribution < 1.29 is 14.0 Å². The van der Waals surface area contributed by atoms with Gasteiger partial charge in [-0.3, -0.25) is 9.59 Å². The molecule has 0 radical (unpaired) electrons. The number of primary amides is 1. The fourth-order valence-electron chi connectivity index (χ4n) is 1.92. The summed E-state index contributed by atoms with van der Waals surface area (Å²) in [5, 5.41) is -0.116. The van der Waals surface area contributed by atoms with Crippen LogP contribution < -0.4 is 16.4 Å². The Hall–Kier alpha value is -1.82. The number of anilines is 2. The number of nitrogens with zero attached hydrogens (tertiary/aromatic N) is 1. The van der Waals surface area contributed by atoms with Gasteiger partial charge in [-0.1, -0.05) is 11.6 Å². The van der Waals surface area contributed by atoms with E-state index in [-0.39, 0.29) is 35.3 Å². The molecule has 1 heterocycles. The molecule has 7 heteroatoms. The number of amides is 2. The van der Waals surface area contributed by atoms with Crippen molar-refractivity contribution in [1.82, 2.24) is 0 Å². The minimum atomic E-state index is -0.670. The second-order valence-electron chi connectivity index (χ2n) is 4.13. The first-order valence-electron chi connectivity index (χ1n) is 5.24. The predicted octanol–water partition coefficient (Wildman–Crippen LogP) is 0.899. The maximum absolute atomic E-state index is 13.4. The predicted molar refractivity (Wildman–Crippen MR) is 65.5 cm³/mol. The molecule has 4 N–H and O–H groups in total. The van der Waals surface area contributed by atoms with E-state index in [1.807, 2.05) is 0 Å². The SMILES string of the molecule is NC(=O)C1CC(=O)N(c2cc(F)c(Cl)cc2N)C1. The molecule has 1 aliphatic rings. The molecule has 1 atom stereocenters. The van der Waals surface area contributed by atoms with E-state index in [0.29, 0.717) is 0 Å². The highest BCUT2D eigenvalue weighted by atomic mass is 35.5. The van der Waals surface area contributed by atoms with Gasteiger partial charge in [-0.05, 0) is 6.07 Å². The highest BCUT2D eigenvalue weighted by Gasteiger charge is 2.35. The Bertz CT molecular complexity index is 535. The van der Waals surface area contributed by atoms with Gasteiger partial charge < -0.3 is 16.4 Å². The van der Waals surface area contributed by atoms with Crippen LogP contribution >= 0.6 is 11.6 Å². The molecule has 1 saturated heterocycles. The lowest BCUT2D eigenvalue weighted by Gasteiger charge is -2.18. The average molecular weight is 272 g/mol. The van der Waals surface area contributed by atoms with E-state index < -0.39 is 17.6 Å². The van der Waals surface area contributed by atoms with E-state index in [9.17, 15) is 14.0 Å². The maximum atomic E-state index is 13.4. The molecule has 2 rings (SSSR count). The van der Waals surface area contributed by atoms with E-state index in [0.717, 1.165) is 6.07 Å². The Morgan fingerprint density at radius 3 is 2.72 bits per heavy atom. The molecule has 1 aromatic carbocycles. The van der Waals surface area contributed by atoms with Crippen LogP contribution in [0.15, 0.2) is 12.1 Å². The zero-order valence-corrected chi connectivity index (χ0v) is 10.1. The number of hydrogen-bond donors (Lipinski definition) is 2. The van der Waals surface area contributed by atoms with E-state index in [1.165, 1.54) is 11.0 Å². The number of rotatable bonds is 2. The van der Waals surface area contributed by atoms with Gasteiger partial charge in [-0.2, -0.15) is 0 Å². The Kier molecular flexibility index (Phi) is 3.13. The minimum Gasteiger partial charge on any atom is -0.397 e. The van der Waals surface area contributed by atoms with Crippen LogP contribution in [0.2, 0.25) is 5.02 Å². The molecule has 0 spiro atoms. The Morgan fingerprint density at radius 1 is 1.50 bits per heavy atom. The molecule has 1 fully saturated rings. The summed E-state index contributed by atoms with van der Waals surface area (Å²) in [5.74, 6) is -2.11. The van der Waals surface area contributed by atoms with Gasteiger partial charge in [0, 0.05) is 19.0 Å². The van der Waals surface area contributed by atoms with Crippen molar-refractivity contribution in [3.8, 4) is 0 Å². The number of carbonyl (C=O) groups is 2. The second kappa shape index (κ2) is 4.45. The molecule has 0 aliphatic carbocycles. The summed E-state index contributed by atoms with van der Waals surface area (Å²) in [7, 11) is 0. The Morgan fingerprint density at radius 2 is 2.17 bits per heavy atom. The lowest BCUT2D eigenvalue weighted by molar-refractivity contribution is -0.123. The number of halogens is 2. The molecule has 0 saturated carbocycles. The summed E-state index contributed by atoms with van der Waals surface area (Å²) >= 11 is 5.58. The molecule has 1 aliphatic heterocycles. The van der Waals surface area contributed by atoms with Crippen LogP contribution in [0, 0.1) is 11.7 Å². The summed E-state index contributed by atoms with van der Waals surface area (Å²) in [6.07, 6.45) is 0.0129. The summed E-state index contributed by atoms with van der Waals surface area (Å²) in [5.41, 5.74) is 11.2. The van der Waals surface area contributed by atoms with Gasteiger partial charge in [-0.25, -0.2) is 4.39 Å². The fraction of sp³-hybridized carbons (Fsp3) is 0.273. The number of hydrogen-bond acceptors (Lipinski definition) is 3. The molecule has 2 amide bonds. The fourth-order valence-corrected chi connectivity index (χ4v) is 2.09. The van der Waals surface area contributed by atoms with Gasteiger partial charge in [-0.15, -0.1) is 0 Å². The molecule has 96 valence electrons. The van der Waals surface area contributed by atoms with Crippen molar-refractivity contribution in [1.29, 1.82) is 0 Å². The van der Waals surface area contributed by atoms with Gasteiger partial charge in [0.25, 0.3) is 0 Å². The largest absolute Gasteiger partial charge is 0.397 e. The van der Waals surface area contributed by atoms with Crippen LogP contribution in [0.5, 0.6) is 0 Å². The van der Waals surface area contributed by atoms with Crippen molar-refractivity contribution in [3.05, 3.63) is 23.0 Å². The van der Waals surface area contributed by atoms with Crippen LogP contribution in [-0.2, 0) is 9.59 Å². The quantitative estimate of drug-likeness (QED) is 0.783. The highest BCUT2D eigenvalue weighted by Crippen LogP contribution is 2.33. The van der Waals surface area contributed by atoms with Crippen LogP contribution in [0.1, 0.15) is 6.42 Å². The maximum Gasteiger partial charge on any atom is 0.227 e. The summed E-state index contributed by atoms with van der Waals surface area (Å²) in [4.78, 5) is 24.0.